The minimum atomic E-state index is -4.38. The maximum absolute atomic E-state index is 13.2. The molecule has 1 aromatic rings. The highest BCUT2D eigenvalue weighted by atomic mass is 32.2. The summed E-state index contributed by atoms with van der Waals surface area (Å²) in [4.78, 5) is 30.8. The van der Waals surface area contributed by atoms with Gasteiger partial charge in [-0.25, -0.2) is 4.79 Å². The van der Waals surface area contributed by atoms with E-state index in [0.29, 0.717) is 31.5 Å². The van der Waals surface area contributed by atoms with E-state index in [9.17, 15) is 36.3 Å². The summed E-state index contributed by atoms with van der Waals surface area (Å²) in [5, 5.41) is 10.8. The van der Waals surface area contributed by atoms with Gasteiger partial charge in [0.1, 0.15) is 11.4 Å². The van der Waals surface area contributed by atoms with Gasteiger partial charge in [0.15, 0.2) is 0 Å². The molecular formula is C36H54F3N3O7S. The van der Waals surface area contributed by atoms with Crippen molar-refractivity contribution in [3.05, 3.63) is 34.9 Å². The number of piperidine rings is 1. The Morgan fingerprint density at radius 1 is 1.02 bits per heavy atom. The summed E-state index contributed by atoms with van der Waals surface area (Å²) in [7, 11) is -4.08. The number of aliphatic hydroxyl groups excluding tert-OH is 1. The lowest BCUT2D eigenvalue weighted by Gasteiger charge is -2.52. The number of aliphatic hydroxyl groups is 1. The first-order valence-electron chi connectivity index (χ1n) is 17.7. The van der Waals surface area contributed by atoms with E-state index in [0.717, 1.165) is 50.5 Å². The quantitative estimate of drug-likeness (QED) is 0.374. The van der Waals surface area contributed by atoms with E-state index in [1.54, 1.807) is 11.0 Å². The van der Waals surface area contributed by atoms with Crippen molar-refractivity contribution in [2.24, 2.45) is 16.7 Å². The smallest absolute Gasteiger partial charge is 0.416 e. The summed E-state index contributed by atoms with van der Waals surface area (Å²) in [6.45, 7) is 17.5. The Morgan fingerprint density at radius 3 is 2.16 bits per heavy atom. The summed E-state index contributed by atoms with van der Waals surface area (Å²) in [5.74, 6) is -0.101. The third-order valence-corrected chi connectivity index (χ3v) is 13.3. The number of fused-ring (bicyclic) bond motifs is 3. The lowest BCUT2D eigenvalue weighted by atomic mass is 9.70. The van der Waals surface area contributed by atoms with E-state index in [1.807, 2.05) is 34.6 Å². The first-order chi connectivity index (χ1) is 22.9. The van der Waals surface area contributed by atoms with Crippen molar-refractivity contribution in [3.8, 4) is 0 Å². The fourth-order valence-electron chi connectivity index (χ4n) is 9.30. The van der Waals surface area contributed by atoms with Crippen LogP contribution in [0.3, 0.4) is 0 Å². The number of amides is 1. The van der Waals surface area contributed by atoms with Gasteiger partial charge >= 0.3 is 12.3 Å². The molecular weight excluding hydrogens is 675 g/mol. The molecule has 1 unspecified atom stereocenters. The molecule has 4 fully saturated rings. The summed E-state index contributed by atoms with van der Waals surface area (Å²) in [6, 6.07) is 3.72. The van der Waals surface area contributed by atoms with Crippen molar-refractivity contribution in [2.75, 3.05) is 38.5 Å². The second kappa shape index (κ2) is 13.3. The topological polar surface area (TPSA) is 128 Å². The number of hydrogen-bond donors (Lipinski definition) is 2. The number of ether oxygens (including phenoxy) is 1. The first-order valence-corrected chi connectivity index (χ1v) is 19.3. The van der Waals surface area contributed by atoms with Crippen molar-refractivity contribution in [2.45, 2.75) is 122 Å². The van der Waals surface area contributed by atoms with Gasteiger partial charge in [-0.3, -0.25) is 19.1 Å². The number of piperazine rings is 1. The number of hydrogen-bond acceptors (Lipinski definition) is 8. The first kappa shape index (κ1) is 39.0. The Kier molecular flexibility index (Phi) is 10.4. The van der Waals surface area contributed by atoms with E-state index in [1.165, 1.54) is 6.07 Å². The highest BCUT2D eigenvalue weighted by molar-refractivity contribution is 7.85. The number of nitrogens with zero attached hydrogens (tertiary/aromatic N) is 3. The van der Waals surface area contributed by atoms with E-state index in [-0.39, 0.29) is 47.3 Å². The molecule has 50 heavy (non-hydrogen) atoms. The summed E-state index contributed by atoms with van der Waals surface area (Å²) < 4.78 is 76.0. The number of benzene rings is 1. The minimum Gasteiger partial charge on any atom is -0.444 e. The van der Waals surface area contributed by atoms with Gasteiger partial charge in [0, 0.05) is 57.1 Å². The maximum atomic E-state index is 13.2. The van der Waals surface area contributed by atoms with Crippen LogP contribution >= 0.6 is 0 Å². The largest absolute Gasteiger partial charge is 0.444 e. The van der Waals surface area contributed by atoms with Crippen LogP contribution in [0.5, 0.6) is 0 Å². The second-order valence-corrected chi connectivity index (χ2v) is 18.5. The van der Waals surface area contributed by atoms with Crippen LogP contribution in [0.4, 0.5) is 18.0 Å². The third kappa shape index (κ3) is 7.60. The van der Waals surface area contributed by atoms with Crippen molar-refractivity contribution in [1.82, 2.24) is 14.7 Å². The molecule has 5 aliphatic rings. The normalized spacial score (nSPS) is 31.3. The van der Waals surface area contributed by atoms with Crippen LogP contribution in [0.15, 0.2) is 18.2 Å². The average molecular weight is 730 g/mol. The third-order valence-electron chi connectivity index (χ3n) is 12.4. The van der Waals surface area contributed by atoms with Gasteiger partial charge in [-0.05, 0) is 94.9 Å². The van der Waals surface area contributed by atoms with Crippen molar-refractivity contribution < 1.29 is 45.6 Å². The van der Waals surface area contributed by atoms with E-state index in [4.69, 9.17) is 9.29 Å². The second-order valence-electron chi connectivity index (χ2n) is 17.0. The number of alkyl halides is 3. The molecule has 1 aromatic carbocycles. The molecule has 1 amide bonds. The van der Waals surface area contributed by atoms with Crippen molar-refractivity contribution >= 4 is 22.0 Å². The molecule has 282 valence electrons. The van der Waals surface area contributed by atoms with E-state index in [2.05, 4.69) is 23.6 Å². The Balaban J connectivity index is 0.000000269. The number of carbonyl (C=O) groups excluding carboxylic acids is 2. The summed E-state index contributed by atoms with van der Waals surface area (Å²) >= 11 is 0. The lowest BCUT2D eigenvalue weighted by Crippen LogP contribution is -2.62. The fraction of sp³-hybridized carbons (Fsp3) is 0.778. The predicted molar refractivity (Wildman–Crippen MR) is 182 cm³/mol. The molecule has 5 atom stereocenters. The monoisotopic (exact) mass is 729 g/mol. The molecule has 6 rings (SSSR count). The standard InChI is InChI=1S/C26H38F3N3O3.C10H16O4S/c1-17-16-31(25(5)8-10-30(11-9-25)23(34)35-24(2,3)4)12-13-32(17)22-20-7-6-19(26(27,28)29)14-18(20)15-21(22)33;1-9(2)7-3-4-10(9,8(11)5-7)6-15(12,13)14/h6-7,14,17,21-22,33H,8-13,15-16H2,1-5H3;7H,3-6H2,1-2H3,(H,12,13,14)/t17-,21+,22+;7?,10-/m00/s1. The van der Waals surface area contributed by atoms with Crippen LogP contribution in [0, 0.1) is 16.7 Å². The van der Waals surface area contributed by atoms with Crippen molar-refractivity contribution in [3.63, 3.8) is 0 Å². The Labute approximate surface area is 294 Å². The Morgan fingerprint density at radius 2 is 1.66 bits per heavy atom. The van der Waals surface area contributed by atoms with Gasteiger partial charge in [0.05, 0.1) is 28.9 Å². The number of ketones is 1. The highest BCUT2D eigenvalue weighted by Crippen LogP contribution is 2.64. The van der Waals surface area contributed by atoms with Gasteiger partial charge in [0.2, 0.25) is 0 Å². The van der Waals surface area contributed by atoms with Crippen LogP contribution < -0.4 is 0 Å². The molecule has 2 aliphatic heterocycles. The van der Waals surface area contributed by atoms with Crippen LogP contribution in [0.2, 0.25) is 0 Å². The summed E-state index contributed by atoms with van der Waals surface area (Å²) in [5.41, 5.74) is -0.928. The minimum absolute atomic E-state index is 0.0152. The Hall–Kier alpha value is -2.26. The van der Waals surface area contributed by atoms with E-state index >= 15 is 0 Å². The SMILES string of the molecule is CC1(C)C2CC[C@]1(CS(=O)(=O)O)C(=O)C2.C[C@H]1CN(C2(C)CCN(C(=O)OC(C)(C)C)CC2)CCN1[C@@H]1c2ccc(C(F)(F)F)cc2C[C@H]1O. The molecule has 2 bridgehead atoms. The van der Waals surface area contributed by atoms with Crippen LogP contribution in [-0.2, 0) is 32.2 Å². The molecule has 3 aliphatic carbocycles. The van der Waals surface area contributed by atoms with Crippen LogP contribution in [0.1, 0.15) is 103 Å². The number of rotatable bonds is 4. The number of carbonyl (C=O) groups is 2. The van der Waals surface area contributed by atoms with Crippen LogP contribution in [-0.4, -0.2) is 106 Å². The zero-order valence-electron chi connectivity index (χ0n) is 30.3. The van der Waals surface area contributed by atoms with Crippen molar-refractivity contribution in [1.29, 1.82) is 0 Å². The molecule has 10 nitrogen and oxygen atoms in total. The average Bonchev–Trinajstić information content (AvgIpc) is 3.49. The van der Waals surface area contributed by atoms with Gasteiger partial charge < -0.3 is 14.7 Å². The number of likely N-dealkylation sites (tertiary alicyclic amines) is 1. The summed E-state index contributed by atoms with van der Waals surface area (Å²) in [6.07, 6.45) is -1.43. The zero-order valence-corrected chi connectivity index (χ0v) is 31.2. The number of Topliss-reactive ketones (excluding diaryl/α,β-unsaturated/α-hetero) is 1. The van der Waals surface area contributed by atoms with Gasteiger partial charge in [-0.15, -0.1) is 0 Å². The number of halogens is 3. The molecule has 14 heteroatoms. The molecule has 2 saturated carbocycles. The highest BCUT2D eigenvalue weighted by Gasteiger charge is 2.65. The van der Waals surface area contributed by atoms with Gasteiger partial charge in [0.25, 0.3) is 10.1 Å². The molecule has 0 radical (unpaired) electrons. The van der Waals surface area contributed by atoms with Crippen LogP contribution in [0.25, 0.3) is 0 Å². The molecule has 2 saturated heterocycles. The molecule has 2 N–H and O–H groups in total. The Bertz CT molecular complexity index is 1570. The fourth-order valence-corrected chi connectivity index (χ4v) is 10.6. The molecule has 0 aromatic heterocycles. The van der Waals surface area contributed by atoms with Gasteiger partial charge in [-0.1, -0.05) is 19.9 Å². The predicted octanol–water partition coefficient (Wildman–Crippen LogP) is 5.73. The zero-order chi connectivity index (χ0) is 37.2. The maximum Gasteiger partial charge on any atom is 0.416 e. The van der Waals surface area contributed by atoms with Gasteiger partial charge in [-0.2, -0.15) is 21.6 Å². The lowest BCUT2D eigenvalue weighted by molar-refractivity contribution is -0.137. The molecule has 0 spiro atoms. The molecule has 2 heterocycles. The van der Waals surface area contributed by atoms with E-state index < -0.39 is 44.7 Å².